The number of nitrogens with zero attached hydrogens (tertiary/aromatic N) is 1. The lowest BCUT2D eigenvalue weighted by atomic mass is 9.94. The SMILES string of the molecule is COc1cc(OC)cc(C(=O)N2CCC(C(=O)NC(C(=O)O)C(C)C)CC2)c1. The number of rotatable bonds is 7. The van der Waals surface area contributed by atoms with Gasteiger partial charge in [0.2, 0.25) is 5.91 Å². The molecule has 1 aromatic rings. The van der Waals surface area contributed by atoms with Crippen LogP contribution < -0.4 is 14.8 Å². The maximum absolute atomic E-state index is 12.8. The Kier molecular flexibility index (Phi) is 7.25. The predicted molar refractivity (Wildman–Crippen MR) is 103 cm³/mol. The molecule has 0 spiro atoms. The number of likely N-dealkylation sites (tertiary alicyclic amines) is 1. The van der Waals surface area contributed by atoms with E-state index in [1.54, 1.807) is 36.9 Å². The first-order valence-corrected chi connectivity index (χ1v) is 9.32. The summed E-state index contributed by atoms with van der Waals surface area (Å²) in [7, 11) is 3.05. The van der Waals surface area contributed by atoms with Crippen LogP contribution in [0.3, 0.4) is 0 Å². The van der Waals surface area contributed by atoms with Crippen LogP contribution in [0.5, 0.6) is 11.5 Å². The molecule has 0 aromatic heterocycles. The highest BCUT2D eigenvalue weighted by molar-refractivity contribution is 5.95. The molecule has 0 radical (unpaired) electrons. The van der Waals surface area contributed by atoms with Crippen LogP contribution in [-0.4, -0.2) is 61.1 Å². The lowest BCUT2D eigenvalue weighted by molar-refractivity contribution is -0.144. The van der Waals surface area contributed by atoms with Crippen LogP contribution in [0.2, 0.25) is 0 Å². The van der Waals surface area contributed by atoms with Crippen LogP contribution >= 0.6 is 0 Å². The molecular weight excluding hydrogens is 364 g/mol. The number of hydrogen-bond acceptors (Lipinski definition) is 5. The molecule has 2 amide bonds. The van der Waals surface area contributed by atoms with Crippen molar-refractivity contribution in [3.8, 4) is 11.5 Å². The molecule has 0 saturated carbocycles. The summed E-state index contributed by atoms with van der Waals surface area (Å²) in [5.41, 5.74) is 0.463. The molecule has 1 fully saturated rings. The van der Waals surface area contributed by atoms with Gasteiger partial charge in [0.15, 0.2) is 0 Å². The zero-order valence-electron chi connectivity index (χ0n) is 16.7. The maximum Gasteiger partial charge on any atom is 0.326 e. The largest absolute Gasteiger partial charge is 0.497 e. The van der Waals surface area contributed by atoms with Crippen molar-refractivity contribution in [2.45, 2.75) is 32.7 Å². The Morgan fingerprint density at radius 2 is 1.61 bits per heavy atom. The Balaban J connectivity index is 1.99. The fourth-order valence-electron chi connectivity index (χ4n) is 3.24. The third-order valence-corrected chi connectivity index (χ3v) is 4.98. The van der Waals surface area contributed by atoms with Gasteiger partial charge in [0.1, 0.15) is 17.5 Å². The number of carboxylic acid groups (broad SMARTS) is 1. The number of carbonyl (C=O) groups excluding carboxylic acids is 2. The summed E-state index contributed by atoms with van der Waals surface area (Å²) in [6.45, 7) is 4.36. The second-order valence-electron chi connectivity index (χ2n) is 7.24. The van der Waals surface area contributed by atoms with Gasteiger partial charge >= 0.3 is 5.97 Å². The number of methoxy groups -OCH3 is 2. The summed E-state index contributed by atoms with van der Waals surface area (Å²) < 4.78 is 10.4. The van der Waals surface area contributed by atoms with Crippen molar-refractivity contribution >= 4 is 17.8 Å². The summed E-state index contributed by atoms with van der Waals surface area (Å²) in [5, 5.41) is 11.8. The first-order valence-electron chi connectivity index (χ1n) is 9.32. The quantitative estimate of drug-likeness (QED) is 0.733. The molecule has 8 nitrogen and oxygen atoms in total. The van der Waals surface area contributed by atoms with Gasteiger partial charge in [-0.25, -0.2) is 4.79 Å². The molecule has 2 N–H and O–H groups in total. The molecule has 1 aliphatic rings. The maximum atomic E-state index is 12.8. The van der Waals surface area contributed by atoms with E-state index in [0.717, 1.165) is 0 Å². The first kappa shape index (κ1) is 21.5. The number of nitrogens with one attached hydrogen (secondary N) is 1. The van der Waals surface area contributed by atoms with E-state index in [4.69, 9.17) is 9.47 Å². The highest BCUT2D eigenvalue weighted by Crippen LogP contribution is 2.25. The Hall–Kier alpha value is -2.77. The second-order valence-corrected chi connectivity index (χ2v) is 7.24. The Morgan fingerprint density at radius 3 is 2.04 bits per heavy atom. The minimum Gasteiger partial charge on any atom is -0.497 e. The van der Waals surface area contributed by atoms with Crippen LogP contribution in [-0.2, 0) is 9.59 Å². The third kappa shape index (κ3) is 5.15. The van der Waals surface area contributed by atoms with Gasteiger partial charge in [-0.2, -0.15) is 0 Å². The van der Waals surface area contributed by atoms with E-state index >= 15 is 0 Å². The number of benzene rings is 1. The third-order valence-electron chi connectivity index (χ3n) is 4.98. The van der Waals surface area contributed by atoms with Crippen LogP contribution in [0, 0.1) is 11.8 Å². The minimum absolute atomic E-state index is 0.151. The minimum atomic E-state index is -1.04. The summed E-state index contributed by atoms with van der Waals surface area (Å²) in [6.07, 6.45) is 0.978. The number of carboxylic acids is 1. The summed E-state index contributed by atoms with van der Waals surface area (Å²) in [4.78, 5) is 38.2. The van der Waals surface area contributed by atoms with E-state index in [9.17, 15) is 19.5 Å². The van der Waals surface area contributed by atoms with Crippen LogP contribution in [0.15, 0.2) is 18.2 Å². The Morgan fingerprint density at radius 1 is 1.07 bits per heavy atom. The van der Waals surface area contributed by atoms with Gasteiger partial charge in [0.05, 0.1) is 14.2 Å². The van der Waals surface area contributed by atoms with Crippen molar-refractivity contribution in [2.24, 2.45) is 11.8 Å². The number of piperidine rings is 1. The number of amides is 2. The zero-order chi connectivity index (χ0) is 20.8. The molecule has 1 aliphatic heterocycles. The van der Waals surface area contributed by atoms with Gasteiger partial charge in [0, 0.05) is 30.6 Å². The van der Waals surface area contributed by atoms with Gasteiger partial charge < -0.3 is 24.8 Å². The zero-order valence-corrected chi connectivity index (χ0v) is 16.7. The van der Waals surface area contributed by atoms with Gasteiger partial charge in [0.25, 0.3) is 5.91 Å². The van der Waals surface area contributed by atoms with Gasteiger partial charge in [-0.3, -0.25) is 9.59 Å². The summed E-state index contributed by atoms with van der Waals surface area (Å²) >= 11 is 0. The lowest BCUT2D eigenvalue weighted by Gasteiger charge is -2.32. The highest BCUT2D eigenvalue weighted by Gasteiger charge is 2.31. The number of hydrogen-bond donors (Lipinski definition) is 2. The first-order chi connectivity index (χ1) is 13.3. The van der Waals surface area contributed by atoms with Crippen LogP contribution in [0.1, 0.15) is 37.0 Å². The smallest absolute Gasteiger partial charge is 0.326 e. The fraction of sp³-hybridized carbons (Fsp3) is 0.550. The molecule has 8 heteroatoms. The Labute approximate surface area is 164 Å². The van der Waals surface area contributed by atoms with Crippen molar-refractivity contribution in [3.63, 3.8) is 0 Å². The number of ether oxygens (including phenoxy) is 2. The van der Waals surface area contributed by atoms with E-state index in [2.05, 4.69) is 5.32 Å². The molecule has 1 saturated heterocycles. The molecule has 154 valence electrons. The van der Waals surface area contributed by atoms with Crippen molar-refractivity contribution in [1.29, 1.82) is 0 Å². The van der Waals surface area contributed by atoms with Crippen molar-refractivity contribution in [2.75, 3.05) is 27.3 Å². The van der Waals surface area contributed by atoms with Gasteiger partial charge in [-0.15, -0.1) is 0 Å². The predicted octanol–water partition coefficient (Wildman–Crippen LogP) is 1.78. The van der Waals surface area contributed by atoms with E-state index in [1.807, 2.05) is 0 Å². The van der Waals surface area contributed by atoms with E-state index < -0.39 is 12.0 Å². The van der Waals surface area contributed by atoms with E-state index in [1.165, 1.54) is 14.2 Å². The Bertz CT molecular complexity index is 703. The van der Waals surface area contributed by atoms with Gasteiger partial charge in [-0.05, 0) is 30.9 Å². The van der Waals surface area contributed by atoms with E-state index in [0.29, 0.717) is 43.0 Å². The number of carbonyl (C=O) groups is 3. The van der Waals surface area contributed by atoms with Crippen molar-refractivity contribution in [3.05, 3.63) is 23.8 Å². The van der Waals surface area contributed by atoms with E-state index in [-0.39, 0.29) is 23.7 Å². The lowest BCUT2D eigenvalue weighted by Crippen LogP contribution is -2.49. The molecule has 1 atom stereocenters. The molecule has 1 aromatic carbocycles. The highest BCUT2D eigenvalue weighted by atomic mass is 16.5. The molecule has 28 heavy (non-hydrogen) atoms. The molecule has 0 aliphatic carbocycles. The molecular formula is C20H28N2O6. The average Bonchev–Trinajstić information content (AvgIpc) is 2.70. The summed E-state index contributed by atoms with van der Waals surface area (Å²) in [6, 6.07) is 4.10. The second kappa shape index (κ2) is 9.43. The van der Waals surface area contributed by atoms with Crippen LogP contribution in [0.4, 0.5) is 0 Å². The fourth-order valence-corrected chi connectivity index (χ4v) is 3.24. The topological polar surface area (TPSA) is 105 Å². The number of aliphatic carboxylic acids is 1. The van der Waals surface area contributed by atoms with Crippen LogP contribution in [0.25, 0.3) is 0 Å². The van der Waals surface area contributed by atoms with Crippen molar-refractivity contribution < 1.29 is 29.0 Å². The van der Waals surface area contributed by atoms with Crippen molar-refractivity contribution in [1.82, 2.24) is 10.2 Å². The monoisotopic (exact) mass is 392 g/mol. The normalized spacial score (nSPS) is 15.8. The molecule has 1 heterocycles. The molecule has 1 unspecified atom stereocenters. The molecule has 0 bridgehead atoms. The average molecular weight is 392 g/mol. The summed E-state index contributed by atoms with van der Waals surface area (Å²) in [5.74, 6) is -0.896. The standard InChI is InChI=1S/C20H28N2O6/c1-12(2)17(20(25)26)21-18(23)13-5-7-22(8-6-13)19(24)14-9-15(27-3)11-16(10-14)28-4/h9-13,17H,5-8H2,1-4H3,(H,21,23)(H,25,26). The molecule has 2 rings (SSSR count). The van der Waals surface area contributed by atoms with Gasteiger partial charge in [-0.1, -0.05) is 13.8 Å².